The summed E-state index contributed by atoms with van der Waals surface area (Å²) in [5.74, 6) is -0.735. The summed E-state index contributed by atoms with van der Waals surface area (Å²) in [4.78, 5) is 10.7. The second kappa shape index (κ2) is 5.43. The van der Waals surface area contributed by atoms with Crippen molar-refractivity contribution in [2.45, 2.75) is 25.8 Å². The Hall–Kier alpha value is -2.57. The van der Waals surface area contributed by atoms with Gasteiger partial charge in [0.25, 0.3) is 0 Å². The second-order valence-corrected chi connectivity index (χ2v) is 4.90. The molecule has 1 aromatic carbocycles. The van der Waals surface area contributed by atoms with Gasteiger partial charge in [-0.1, -0.05) is 22.3 Å². The lowest BCUT2D eigenvalue weighted by Crippen LogP contribution is -2.11. The molecule has 21 heavy (non-hydrogen) atoms. The Morgan fingerprint density at radius 1 is 1.43 bits per heavy atom. The van der Waals surface area contributed by atoms with E-state index in [1.54, 1.807) is 0 Å². The summed E-state index contributed by atoms with van der Waals surface area (Å²) >= 11 is 0. The third-order valence-electron chi connectivity index (χ3n) is 3.38. The molecule has 0 saturated heterocycles. The number of benzene rings is 1. The molecular weight excluding hydrogens is 274 g/mol. The highest BCUT2D eigenvalue weighted by Gasteiger charge is 2.17. The molecule has 0 radical (unpaired) electrons. The molecule has 1 atom stereocenters. The van der Waals surface area contributed by atoms with Gasteiger partial charge in [0.05, 0.1) is 12.6 Å². The molecule has 7 nitrogen and oxygen atoms in total. The summed E-state index contributed by atoms with van der Waals surface area (Å²) < 4.78 is 10.6. The number of carboxylic acid groups (broad SMARTS) is 1. The Kier molecular flexibility index (Phi) is 3.47. The Balaban J connectivity index is 1.75. The second-order valence-electron chi connectivity index (χ2n) is 4.90. The van der Waals surface area contributed by atoms with Crippen LogP contribution in [0.1, 0.15) is 41.2 Å². The van der Waals surface area contributed by atoms with Gasteiger partial charge < -0.3 is 19.6 Å². The van der Waals surface area contributed by atoms with Gasteiger partial charge in [-0.2, -0.15) is 0 Å². The number of carboxylic acids is 1. The minimum Gasteiger partial charge on any atom is -0.493 e. The van der Waals surface area contributed by atoms with Crippen molar-refractivity contribution in [3.8, 4) is 5.75 Å². The van der Waals surface area contributed by atoms with E-state index >= 15 is 0 Å². The number of fused-ring (bicyclic) bond motifs is 1. The van der Waals surface area contributed by atoms with Crippen molar-refractivity contribution in [3.63, 3.8) is 0 Å². The predicted octanol–water partition coefficient (Wildman–Crippen LogP) is 2.27. The lowest BCUT2D eigenvalue weighted by Gasteiger charge is -2.20. The quantitative estimate of drug-likeness (QED) is 0.890. The average molecular weight is 289 g/mol. The van der Waals surface area contributed by atoms with Crippen LogP contribution in [0.5, 0.6) is 5.75 Å². The standard InChI is InChI=1S/C14H15N3O4/c1-8(15-14-17-16-12(21-14)13(18)19)9-4-5-11-10(7-9)3-2-6-20-11/h4-5,7-8H,2-3,6H2,1H3,(H,15,17)(H,18,19). The van der Waals surface area contributed by atoms with Crippen LogP contribution in [0.2, 0.25) is 0 Å². The number of hydrogen-bond donors (Lipinski definition) is 2. The molecule has 1 unspecified atom stereocenters. The fourth-order valence-electron chi connectivity index (χ4n) is 2.29. The largest absolute Gasteiger partial charge is 0.493 e. The third-order valence-corrected chi connectivity index (χ3v) is 3.38. The predicted molar refractivity (Wildman–Crippen MR) is 73.6 cm³/mol. The number of rotatable bonds is 4. The summed E-state index contributed by atoms with van der Waals surface area (Å²) in [5.41, 5.74) is 2.23. The van der Waals surface area contributed by atoms with Gasteiger partial charge in [-0.3, -0.25) is 0 Å². The van der Waals surface area contributed by atoms with E-state index < -0.39 is 11.9 Å². The van der Waals surface area contributed by atoms with Gasteiger partial charge in [-0.05, 0) is 37.0 Å². The van der Waals surface area contributed by atoms with Gasteiger partial charge in [0.2, 0.25) is 0 Å². The summed E-state index contributed by atoms with van der Waals surface area (Å²) in [6.07, 6.45) is 2.02. The fraction of sp³-hybridized carbons (Fsp3) is 0.357. The molecule has 110 valence electrons. The molecule has 2 N–H and O–H groups in total. The van der Waals surface area contributed by atoms with E-state index in [0.717, 1.165) is 30.8 Å². The number of aryl methyl sites for hydroxylation is 1. The molecule has 3 rings (SSSR count). The van der Waals surface area contributed by atoms with E-state index in [1.165, 1.54) is 5.56 Å². The lowest BCUT2D eigenvalue weighted by atomic mass is 10.00. The first-order chi connectivity index (χ1) is 10.1. The number of anilines is 1. The zero-order valence-corrected chi connectivity index (χ0v) is 11.5. The molecule has 1 aromatic heterocycles. The SMILES string of the molecule is CC(Nc1nnc(C(=O)O)o1)c1ccc2c(c1)CCCO2. The van der Waals surface area contributed by atoms with E-state index in [0.29, 0.717) is 0 Å². The molecular formula is C14H15N3O4. The molecule has 0 aliphatic carbocycles. The van der Waals surface area contributed by atoms with Gasteiger partial charge >= 0.3 is 17.9 Å². The van der Waals surface area contributed by atoms with Crippen LogP contribution in [0.3, 0.4) is 0 Å². The number of hydrogen-bond acceptors (Lipinski definition) is 6. The van der Waals surface area contributed by atoms with Crippen LogP contribution in [0.25, 0.3) is 0 Å². The van der Waals surface area contributed by atoms with E-state index in [1.807, 2.05) is 19.1 Å². The fourth-order valence-corrected chi connectivity index (χ4v) is 2.29. The first-order valence-electron chi connectivity index (χ1n) is 6.72. The van der Waals surface area contributed by atoms with Gasteiger partial charge in [0.1, 0.15) is 5.75 Å². The topological polar surface area (TPSA) is 97.5 Å². The van der Waals surface area contributed by atoms with Crippen LogP contribution in [-0.2, 0) is 6.42 Å². The molecule has 1 aliphatic rings. The maximum absolute atomic E-state index is 10.7. The van der Waals surface area contributed by atoms with Crippen LogP contribution in [-0.4, -0.2) is 27.9 Å². The Morgan fingerprint density at radius 3 is 3.05 bits per heavy atom. The molecule has 0 amide bonds. The van der Waals surface area contributed by atoms with Crippen molar-refractivity contribution in [2.24, 2.45) is 0 Å². The van der Waals surface area contributed by atoms with E-state index in [9.17, 15) is 4.79 Å². The van der Waals surface area contributed by atoms with Crippen LogP contribution < -0.4 is 10.1 Å². The van der Waals surface area contributed by atoms with Gasteiger partial charge in [-0.15, -0.1) is 0 Å². The van der Waals surface area contributed by atoms with E-state index in [-0.39, 0.29) is 12.1 Å². The lowest BCUT2D eigenvalue weighted by molar-refractivity contribution is 0.0654. The molecule has 0 saturated carbocycles. The first kappa shape index (κ1) is 13.4. The highest BCUT2D eigenvalue weighted by atomic mass is 16.5. The van der Waals surface area contributed by atoms with Crippen LogP contribution in [0, 0.1) is 0 Å². The Labute approximate surface area is 120 Å². The molecule has 0 fully saturated rings. The highest BCUT2D eigenvalue weighted by molar-refractivity contribution is 5.82. The van der Waals surface area contributed by atoms with Crippen molar-refractivity contribution < 1.29 is 19.1 Å². The van der Waals surface area contributed by atoms with E-state index in [4.69, 9.17) is 14.3 Å². The smallest absolute Gasteiger partial charge is 0.393 e. The number of ether oxygens (including phenoxy) is 1. The van der Waals surface area contributed by atoms with Crippen molar-refractivity contribution in [2.75, 3.05) is 11.9 Å². The van der Waals surface area contributed by atoms with Crippen molar-refractivity contribution in [1.82, 2.24) is 10.2 Å². The van der Waals surface area contributed by atoms with Gasteiger partial charge in [-0.25, -0.2) is 4.79 Å². The number of nitrogens with zero attached hydrogens (tertiary/aromatic N) is 2. The summed E-state index contributed by atoms with van der Waals surface area (Å²) in [7, 11) is 0. The highest BCUT2D eigenvalue weighted by Crippen LogP contribution is 2.28. The summed E-state index contributed by atoms with van der Waals surface area (Å²) in [5, 5.41) is 18.8. The number of carbonyl (C=O) groups is 1. The number of aromatic nitrogens is 2. The van der Waals surface area contributed by atoms with Crippen molar-refractivity contribution in [1.29, 1.82) is 0 Å². The van der Waals surface area contributed by atoms with Crippen molar-refractivity contribution in [3.05, 3.63) is 35.2 Å². The molecule has 1 aliphatic heterocycles. The summed E-state index contributed by atoms with van der Waals surface area (Å²) in [6.45, 7) is 2.70. The van der Waals surface area contributed by atoms with Crippen molar-refractivity contribution >= 4 is 12.0 Å². The monoisotopic (exact) mass is 289 g/mol. The van der Waals surface area contributed by atoms with Crippen LogP contribution >= 0.6 is 0 Å². The third kappa shape index (κ3) is 2.81. The summed E-state index contributed by atoms with van der Waals surface area (Å²) in [6, 6.07) is 6.02. The number of nitrogens with one attached hydrogen (secondary N) is 1. The van der Waals surface area contributed by atoms with Gasteiger partial charge in [0.15, 0.2) is 0 Å². The molecule has 7 heteroatoms. The minimum atomic E-state index is -1.24. The zero-order valence-electron chi connectivity index (χ0n) is 11.5. The maximum Gasteiger partial charge on any atom is 0.393 e. The molecule has 2 aromatic rings. The minimum absolute atomic E-state index is 0.0840. The first-order valence-corrected chi connectivity index (χ1v) is 6.72. The Morgan fingerprint density at radius 2 is 2.29 bits per heavy atom. The molecule has 0 spiro atoms. The maximum atomic E-state index is 10.7. The molecule has 2 heterocycles. The van der Waals surface area contributed by atoms with Gasteiger partial charge in [0, 0.05) is 0 Å². The van der Waals surface area contributed by atoms with Crippen LogP contribution in [0.4, 0.5) is 6.01 Å². The Bertz CT molecular complexity index is 668. The van der Waals surface area contributed by atoms with Crippen LogP contribution in [0.15, 0.2) is 22.6 Å². The average Bonchev–Trinajstić information content (AvgIpc) is 2.95. The normalized spacial score (nSPS) is 14.9. The zero-order chi connectivity index (χ0) is 14.8. The number of aromatic carboxylic acids is 1. The molecule has 0 bridgehead atoms. The van der Waals surface area contributed by atoms with E-state index in [2.05, 4.69) is 21.6 Å².